The van der Waals surface area contributed by atoms with Gasteiger partial charge in [0, 0.05) is 117 Å². The predicted molar refractivity (Wildman–Crippen MR) is 629 cm³/mol. The van der Waals surface area contributed by atoms with Crippen molar-refractivity contribution < 1.29 is 4.42 Å². The number of hydrogen-bond acceptors (Lipinski definition) is 4. The lowest BCUT2D eigenvalue weighted by Crippen LogP contribution is -2.10. The van der Waals surface area contributed by atoms with Crippen LogP contribution in [0.1, 0.15) is 0 Å². The summed E-state index contributed by atoms with van der Waals surface area (Å²) >= 11 is 0. The Morgan fingerprint density at radius 2 is 0.342 bits per heavy atom. The Balaban J connectivity index is 0.000000113. The first-order valence-corrected chi connectivity index (χ1v) is 50.9. The van der Waals surface area contributed by atoms with E-state index in [4.69, 9.17) is 4.42 Å². The second-order valence-electron chi connectivity index (χ2n) is 37.9. The molecule has 149 heavy (non-hydrogen) atoms. The van der Waals surface area contributed by atoms with Gasteiger partial charge in [-0.05, 0) is 283 Å². The fraction of sp³-hybridized carbons (Fsp3) is 0. The average molecular weight is 1900 g/mol. The van der Waals surface area contributed by atoms with Gasteiger partial charge in [0.25, 0.3) is 0 Å². The molecule has 0 aliphatic carbocycles. The minimum Gasteiger partial charge on any atom is -0.456 e. The van der Waals surface area contributed by atoms with Crippen LogP contribution in [-0.2, 0) is 0 Å². The number of benzene rings is 24. The maximum Gasteiger partial charge on any atom is 0.137 e. The molecule has 28 rings (SSSR count). The van der Waals surface area contributed by atoms with E-state index in [0.29, 0.717) is 0 Å². The molecule has 0 bridgehead atoms. The van der Waals surface area contributed by atoms with Gasteiger partial charge >= 0.3 is 0 Å². The van der Waals surface area contributed by atoms with Crippen LogP contribution in [0.2, 0.25) is 0 Å². The van der Waals surface area contributed by atoms with Crippen LogP contribution in [0.5, 0.6) is 0 Å². The van der Waals surface area contributed by atoms with E-state index in [9.17, 15) is 0 Å². The predicted octanol–water partition coefficient (Wildman–Crippen LogP) is 39.5. The Labute approximate surface area is 865 Å². The number of aromatic nitrogens is 3. The molecule has 7 heteroatoms. The first kappa shape index (κ1) is 89.2. The molecule has 0 aliphatic rings. The maximum atomic E-state index is 6.31. The van der Waals surface area contributed by atoms with Gasteiger partial charge in [0.1, 0.15) is 11.2 Å². The summed E-state index contributed by atoms with van der Waals surface area (Å²) in [4.78, 5) is 6.98. The fourth-order valence-electron chi connectivity index (χ4n) is 21.7. The van der Waals surface area contributed by atoms with E-state index < -0.39 is 0 Å². The third kappa shape index (κ3) is 17.4. The van der Waals surface area contributed by atoms with Crippen LogP contribution in [0.4, 0.5) is 51.2 Å². The van der Waals surface area contributed by atoms with E-state index >= 15 is 0 Å². The number of rotatable bonds is 19. The zero-order chi connectivity index (χ0) is 98.9. The first-order chi connectivity index (χ1) is 73.9. The molecule has 4 aromatic heterocycles. The molecule has 0 aliphatic heterocycles. The number of fused-ring (bicyclic) bond motifs is 13. The van der Waals surface area contributed by atoms with E-state index in [1.165, 1.54) is 154 Å². The molecule has 0 unspecified atom stereocenters. The molecule has 0 saturated heterocycles. The van der Waals surface area contributed by atoms with Crippen molar-refractivity contribution in [2.45, 2.75) is 0 Å². The molecule has 7 nitrogen and oxygen atoms in total. The Morgan fingerprint density at radius 1 is 0.121 bits per heavy atom. The lowest BCUT2D eigenvalue weighted by Gasteiger charge is -2.26. The molecule has 4 heterocycles. The SMILES string of the molecule is c1ccc(-c2ccc(N(c3ccc(-c4cccc(-n5c6ccccc6c6ccccc65)c4)cc3)c3ccc(-c4ccc5ccccc5c4)cc3)cc2)cc1.c1ccc(-c2ccc(N(c3ccc(-c4ccccc4)cc3)c3ccc(-c4cccc(-n5c6ccccc6c6ccccc65)c4)cc3)cc2)cc1.c1ccc(-c2ccc(N(c3ccc(-n4c5ccccc5c5ccccc54)cc3)c3ccc4c(c3)oc3ccccc34)cc2)cc1. The molecule has 702 valence electrons. The van der Waals surface area contributed by atoms with Crippen LogP contribution in [0.25, 0.3) is 193 Å². The quantitative estimate of drug-likeness (QED) is 0.0809. The van der Waals surface area contributed by atoms with Crippen molar-refractivity contribution in [3.8, 4) is 95.0 Å². The van der Waals surface area contributed by atoms with Crippen LogP contribution in [0.3, 0.4) is 0 Å². The number of anilines is 9. The summed E-state index contributed by atoms with van der Waals surface area (Å²) in [6.45, 7) is 0. The third-order valence-electron chi connectivity index (χ3n) is 29.0. The summed E-state index contributed by atoms with van der Waals surface area (Å²) in [6, 6.07) is 213. The normalized spacial score (nSPS) is 11.4. The van der Waals surface area contributed by atoms with Gasteiger partial charge in [0.05, 0.1) is 33.1 Å². The number of para-hydroxylation sites is 7. The van der Waals surface area contributed by atoms with Gasteiger partial charge in [0.15, 0.2) is 0 Å². The van der Waals surface area contributed by atoms with Crippen LogP contribution < -0.4 is 14.7 Å². The summed E-state index contributed by atoms with van der Waals surface area (Å²) in [5, 5.41) is 12.4. The summed E-state index contributed by atoms with van der Waals surface area (Å²) in [5.41, 5.74) is 39.1. The standard InChI is InChI=1S/C52H36N2.C48H34N2.C42H28N2O/c1-2-11-37(12-3-1)39-23-29-45(30-24-39)53(47-33-27-41(28-34-47)44-22-21-38-13-4-5-14-42(38)35-44)46-31-25-40(26-32-46)43-15-10-16-48(36-43)54-51-19-8-6-17-49(51)50-18-7-9-20-52(50)54;1-3-12-35(13-4-1)37-22-28-41(29-23-37)49(42-30-24-38(25-31-42)36-14-5-2-6-15-36)43-32-26-39(27-33-43)40-16-11-17-44(34-40)50-47-20-9-7-18-45(47)46-19-8-10-21-48(46)50;1-2-10-29(11-3-1)30-18-20-31(21-19-30)43(34-26-27-38-37-14-6-9-17-41(37)45-42(38)28-34)32-22-24-33(25-23-32)44-39-15-7-4-12-35(39)36-13-5-8-16-40(36)44/h1-36H;1-34H;1-28H. The molecule has 0 amide bonds. The zero-order valence-electron chi connectivity index (χ0n) is 81.7. The minimum absolute atomic E-state index is 0.876. The van der Waals surface area contributed by atoms with E-state index in [2.05, 4.69) is 611 Å². The van der Waals surface area contributed by atoms with Gasteiger partial charge in [-0.2, -0.15) is 0 Å². The maximum absolute atomic E-state index is 6.31. The molecule has 24 aromatic carbocycles. The number of furan rings is 1. The largest absolute Gasteiger partial charge is 0.456 e. The molecular formula is C142H98N6O. The Morgan fingerprint density at radius 3 is 0.671 bits per heavy atom. The molecular weight excluding hydrogens is 1810 g/mol. The Kier molecular flexibility index (Phi) is 23.6. The van der Waals surface area contributed by atoms with Crippen LogP contribution in [0, 0.1) is 0 Å². The van der Waals surface area contributed by atoms with Gasteiger partial charge in [0.2, 0.25) is 0 Å². The van der Waals surface area contributed by atoms with E-state index in [-0.39, 0.29) is 0 Å². The first-order valence-electron chi connectivity index (χ1n) is 50.9. The highest BCUT2D eigenvalue weighted by Crippen LogP contribution is 2.47. The highest BCUT2D eigenvalue weighted by atomic mass is 16.3. The topological polar surface area (TPSA) is 37.6 Å². The van der Waals surface area contributed by atoms with E-state index in [0.717, 1.165) is 90.2 Å². The van der Waals surface area contributed by atoms with Crippen molar-refractivity contribution >= 4 is 149 Å². The van der Waals surface area contributed by atoms with Crippen LogP contribution in [0.15, 0.2) is 599 Å². The molecule has 0 spiro atoms. The molecule has 0 atom stereocenters. The van der Waals surface area contributed by atoms with Crippen LogP contribution in [-0.4, -0.2) is 13.7 Å². The summed E-state index contributed by atoms with van der Waals surface area (Å²) in [5.74, 6) is 0. The third-order valence-corrected chi connectivity index (χ3v) is 29.0. The van der Waals surface area contributed by atoms with Gasteiger partial charge in [-0.3, -0.25) is 0 Å². The highest BCUT2D eigenvalue weighted by molar-refractivity contribution is 6.13. The van der Waals surface area contributed by atoms with Crippen molar-refractivity contribution in [1.29, 1.82) is 0 Å². The second-order valence-corrected chi connectivity index (χ2v) is 37.9. The van der Waals surface area contributed by atoms with Gasteiger partial charge in [-0.1, -0.05) is 394 Å². The van der Waals surface area contributed by atoms with Gasteiger partial charge < -0.3 is 32.8 Å². The van der Waals surface area contributed by atoms with Crippen molar-refractivity contribution in [3.05, 3.63) is 595 Å². The Bertz CT molecular complexity index is 9460. The van der Waals surface area contributed by atoms with Gasteiger partial charge in [-0.15, -0.1) is 0 Å². The van der Waals surface area contributed by atoms with Crippen molar-refractivity contribution in [1.82, 2.24) is 13.7 Å². The summed E-state index contributed by atoms with van der Waals surface area (Å²) in [7, 11) is 0. The van der Waals surface area contributed by atoms with Crippen LogP contribution >= 0.6 is 0 Å². The molecule has 28 aromatic rings. The van der Waals surface area contributed by atoms with E-state index in [1.807, 2.05) is 12.1 Å². The summed E-state index contributed by atoms with van der Waals surface area (Å²) < 4.78 is 13.4. The lowest BCUT2D eigenvalue weighted by atomic mass is 10.0. The number of hydrogen-bond donors (Lipinski definition) is 0. The van der Waals surface area contributed by atoms with Gasteiger partial charge in [-0.25, -0.2) is 0 Å². The second kappa shape index (κ2) is 39.5. The molecule has 0 saturated carbocycles. The number of nitrogens with zero attached hydrogens (tertiary/aromatic N) is 6. The summed E-state index contributed by atoms with van der Waals surface area (Å²) in [6.07, 6.45) is 0. The molecule has 0 N–H and O–H groups in total. The van der Waals surface area contributed by atoms with Crippen molar-refractivity contribution in [2.75, 3.05) is 14.7 Å². The zero-order valence-corrected chi connectivity index (χ0v) is 81.7. The minimum atomic E-state index is 0.876. The van der Waals surface area contributed by atoms with Crippen molar-refractivity contribution in [3.63, 3.8) is 0 Å². The molecule has 0 radical (unpaired) electrons. The highest BCUT2D eigenvalue weighted by Gasteiger charge is 2.24. The lowest BCUT2D eigenvalue weighted by molar-refractivity contribution is 0.669. The monoisotopic (exact) mass is 1900 g/mol. The Hall–Kier alpha value is -19.9. The van der Waals surface area contributed by atoms with Crippen molar-refractivity contribution in [2.24, 2.45) is 0 Å². The smallest absolute Gasteiger partial charge is 0.137 e. The van der Waals surface area contributed by atoms with E-state index in [1.54, 1.807) is 0 Å². The fourth-order valence-corrected chi connectivity index (χ4v) is 21.7. The average Bonchev–Trinajstić information content (AvgIpc) is 1.61. The molecule has 0 fully saturated rings.